The van der Waals surface area contributed by atoms with Gasteiger partial charge in [-0.25, -0.2) is 4.99 Å². The second kappa shape index (κ2) is 15.2. The largest absolute Gasteiger partial charge is 0.351 e. The highest BCUT2D eigenvalue weighted by molar-refractivity contribution is 6.38. The van der Waals surface area contributed by atoms with E-state index in [1.807, 2.05) is 0 Å². The number of rotatable bonds is 14. The number of hydrogen-bond acceptors (Lipinski definition) is 5. The first-order valence-corrected chi connectivity index (χ1v) is 8.82. The van der Waals surface area contributed by atoms with Gasteiger partial charge in [0.25, 0.3) is 5.91 Å². The average molecular weight is 341 g/mol. The lowest BCUT2D eigenvalue weighted by atomic mass is 10.3. The first-order valence-electron chi connectivity index (χ1n) is 8.82. The quantitative estimate of drug-likeness (QED) is 0.279. The third-order valence-electron chi connectivity index (χ3n) is 3.43. The Labute approximate surface area is 147 Å². The van der Waals surface area contributed by atoms with Gasteiger partial charge in [-0.2, -0.15) is 0 Å². The monoisotopic (exact) mass is 340 g/mol. The van der Waals surface area contributed by atoms with Crippen LogP contribution >= 0.6 is 0 Å². The van der Waals surface area contributed by atoms with Crippen LogP contribution in [0.25, 0.3) is 0 Å². The number of carbonyl (C=O) groups excluding carboxylic acids is 1. The number of amides is 1. The maximum atomic E-state index is 11.8. The molecule has 0 aliphatic heterocycles. The van der Waals surface area contributed by atoms with Gasteiger partial charge in [0.05, 0.1) is 6.67 Å². The molecule has 0 aliphatic carbocycles. The van der Waals surface area contributed by atoms with E-state index in [4.69, 9.17) is 0 Å². The van der Waals surface area contributed by atoms with Crippen LogP contribution in [0.15, 0.2) is 9.98 Å². The molecule has 0 radical (unpaired) electrons. The van der Waals surface area contributed by atoms with Crippen molar-refractivity contribution in [2.45, 2.75) is 33.1 Å². The van der Waals surface area contributed by atoms with Crippen molar-refractivity contribution in [3.8, 4) is 0 Å². The van der Waals surface area contributed by atoms with Gasteiger partial charge in [-0.1, -0.05) is 6.92 Å². The predicted octanol–water partition coefficient (Wildman–Crippen LogP) is 0.823. The highest BCUT2D eigenvalue weighted by Crippen LogP contribution is 1.89. The maximum Gasteiger partial charge on any atom is 0.265 e. The third-order valence-corrected chi connectivity index (χ3v) is 3.43. The van der Waals surface area contributed by atoms with E-state index in [-0.39, 0.29) is 5.91 Å². The van der Waals surface area contributed by atoms with Crippen molar-refractivity contribution < 1.29 is 4.79 Å². The summed E-state index contributed by atoms with van der Waals surface area (Å²) in [5.41, 5.74) is 0.438. The highest BCUT2D eigenvalue weighted by atomic mass is 16.1. The van der Waals surface area contributed by atoms with Crippen molar-refractivity contribution in [1.29, 1.82) is 0 Å². The Kier molecular flexibility index (Phi) is 14.4. The standard InChI is InChI=1S/C17H36N6O/c1-6-11-23(5)13-8-10-20-17(24)16(2)21-15-19-14-18-9-7-12-22(3)4/h15,18H,6-14H2,1-5H3,(H,20,24)/b19-15-,21-16+. The van der Waals surface area contributed by atoms with Crippen LogP contribution in [0.5, 0.6) is 0 Å². The molecule has 7 heteroatoms. The van der Waals surface area contributed by atoms with Gasteiger partial charge in [0.15, 0.2) is 0 Å². The smallest absolute Gasteiger partial charge is 0.265 e. The van der Waals surface area contributed by atoms with Crippen molar-refractivity contribution in [2.75, 3.05) is 60.5 Å². The second-order valence-corrected chi connectivity index (χ2v) is 6.24. The van der Waals surface area contributed by atoms with E-state index < -0.39 is 0 Å². The van der Waals surface area contributed by atoms with E-state index >= 15 is 0 Å². The zero-order valence-electron chi connectivity index (χ0n) is 16.1. The molecule has 0 aromatic rings. The summed E-state index contributed by atoms with van der Waals surface area (Å²) in [5.74, 6) is -0.126. The molecule has 0 rings (SSSR count). The predicted molar refractivity (Wildman–Crippen MR) is 103 cm³/mol. The topological polar surface area (TPSA) is 72.3 Å². The fourth-order valence-electron chi connectivity index (χ4n) is 2.06. The summed E-state index contributed by atoms with van der Waals surface area (Å²) in [7, 11) is 6.22. The SMILES string of the molecule is CCCN(C)CCCNC(=O)/C(C)=N/C=N\CNCCCN(C)C. The zero-order valence-corrected chi connectivity index (χ0v) is 16.1. The Morgan fingerprint density at radius 1 is 1.08 bits per heavy atom. The van der Waals surface area contributed by atoms with Crippen LogP contribution < -0.4 is 10.6 Å². The summed E-state index contributed by atoms with van der Waals surface area (Å²) in [6.07, 6.45) is 4.63. The van der Waals surface area contributed by atoms with Crippen molar-refractivity contribution >= 4 is 18.0 Å². The maximum absolute atomic E-state index is 11.8. The molecule has 7 nitrogen and oxygen atoms in total. The molecule has 0 aliphatic rings. The van der Waals surface area contributed by atoms with Crippen molar-refractivity contribution in [3.05, 3.63) is 0 Å². The van der Waals surface area contributed by atoms with Gasteiger partial charge in [-0.3, -0.25) is 15.1 Å². The number of carbonyl (C=O) groups is 1. The summed E-state index contributed by atoms with van der Waals surface area (Å²) >= 11 is 0. The molecule has 24 heavy (non-hydrogen) atoms. The van der Waals surface area contributed by atoms with E-state index in [0.29, 0.717) is 18.9 Å². The minimum atomic E-state index is -0.126. The van der Waals surface area contributed by atoms with Crippen LogP contribution in [0.3, 0.4) is 0 Å². The molecule has 0 saturated heterocycles. The van der Waals surface area contributed by atoms with Gasteiger partial charge >= 0.3 is 0 Å². The molecule has 140 valence electrons. The van der Waals surface area contributed by atoms with Gasteiger partial charge in [0.1, 0.15) is 12.1 Å². The number of hydrogen-bond donors (Lipinski definition) is 2. The lowest BCUT2D eigenvalue weighted by Crippen LogP contribution is -2.32. The van der Waals surface area contributed by atoms with E-state index in [2.05, 4.69) is 58.5 Å². The first-order chi connectivity index (χ1) is 11.5. The minimum absolute atomic E-state index is 0.126. The first kappa shape index (κ1) is 22.7. The summed E-state index contributed by atoms with van der Waals surface area (Å²) in [4.78, 5) is 24.5. The minimum Gasteiger partial charge on any atom is -0.351 e. The number of aliphatic imine (C=N–C) groups is 2. The van der Waals surface area contributed by atoms with Gasteiger partial charge in [0.2, 0.25) is 0 Å². The summed E-state index contributed by atoms with van der Waals surface area (Å²) in [5, 5.41) is 6.09. The Morgan fingerprint density at radius 3 is 2.46 bits per heavy atom. The normalized spacial score (nSPS) is 12.5. The lowest BCUT2D eigenvalue weighted by Gasteiger charge is -2.15. The van der Waals surface area contributed by atoms with Crippen LogP contribution in [-0.4, -0.2) is 88.3 Å². The molecular formula is C17H36N6O. The van der Waals surface area contributed by atoms with Crippen LogP contribution in [-0.2, 0) is 4.79 Å². The molecule has 0 heterocycles. The molecule has 0 atom stereocenters. The van der Waals surface area contributed by atoms with Crippen LogP contribution in [0.1, 0.15) is 33.1 Å². The van der Waals surface area contributed by atoms with E-state index in [0.717, 1.165) is 45.4 Å². The van der Waals surface area contributed by atoms with Crippen molar-refractivity contribution in [2.24, 2.45) is 9.98 Å². The van der Waals surface area contributed by atoms with Crippen molar-refractivity contribution in [1.82, 2.24) is 20.4 Å². The van der Waals surface area contributed by atoms with Crippen molar-refractivity contribution in [3.63, 3.8) is 0 Å². The summed E-state index contributed by atoms with van der Waals surface area (Å²) < 4.78 is 0. The Morgan fingerprint density at radius 2 is 1.79 bits per heavy atom. The molecule has 0 bridgehead atoms. The van der Waals surface area contributed by atoms with Crippen LogP contribution in [0.2, 0.25) is 0 Å². The van der Waals surface area contributed by atoms with Gasteiger partial charge in [0, 0.05) is 6.54 Å². The molecule has 1 amide bonds. The average Bonchev–Trinajstić information content (AvgIpc) is 2.53. The fourth-order valence-corrected chi connectivity index (χ4v) is 2.06. The van der Waals surface area contributed by atoms with E-state index in [1.54, 1.807) is 6.92 Å². The molecule has 0 spiro atoms. The molecule has 0 unspecified atom stereocenters. The summed E-state index contributed by atoms with van der Waals surface area (Å²) in [6.45, 7) is 9.13. The number of nitrogens with zero attached hydrogens (tertiary/aromatic N) is 4. The molecular weight excluding hydrogens is 304 g/mol. The van der Waals surface area contributed by atoms with E-state index in [1.165, 1.54) is 6.34 Å². The van der Waals surface area contributed by atoms with Crippen LogP contribution in [0.4, 0.5) is 0 Å². The third kappa shape index (κ3) is 14.3. The number of nitrogens with one attached hydrogen (secondary N) is 2. The molecule has 0 aromatic carbocycles. The lowest BCUT2D eigenvalue weighted by molar-refractivity contribution is -0.114. The summed E-state index contributed by atoms with van der Waals surface area (Å²) in [6, 6.07) is 0. The molecule has 2 N–H and O–H groups in total. The van der Waals surface area contributed by atoms with Gasteiger partial charge in [-0.15, -0.1) is 0 Å². The van der Waals surface area contributed by atoms with Gasteiger partial charge < -0.3 is 15.1 Å². The Bertz CT molecular complexity index is 381. The zero-order chi connectivity index (χ0) is 18.2. The Balaban J connectivity index is 3.75. The molecule has 0 fully saturated rings. The van der Waals surface area contributed by atoms with E-state index in [9.17, 15) is 4.79 Å². The molecule has 0 aromatic heterocycles. The fraction of sp³-hybridized carbons (Fsp3) is 0.824. The van der Waals surface area contributed by atoms with Gasteiger partial charge in [-0.05, 0) is 73.5 Å². The second-order valence-electron chi connectivity index (χ2n) is 6.24. The Hall–Kier alpha value is -1.31. The highest BCUT2D eigenvalue weighted by Gasteiger charge is 2.04. The molecule has 0 saturated carbocycles. The van der Waals surface area contributed by atoms with Crippen LogP contribution in [0, 0.1) is 0 Å².